The summed E-state index contributed by atoms with van der Waals surface area (Å²) in [5.74, 6) is -4.59. The van der Waals surface area contributed by atoms with E-state index in [1.807, 2.05) is 4.72 Å². The van der Waals surface area contributed by atoms with Crippen molar-refractivity contribution in [3.05, 3.63) is 58.6 Å². The van der Waals surface area contributed by atoms with Crippen molar-refractivity contribution in [2.24, 2.45) is 0 Å². The third-order valence-electron chi connectivity index (χ3n) is 2.63. The molecule has 0 amide bonds. The smallest absolute Gasteiger partial charge is 0.341 e. The number of benzene rings is 2. The first kappa shape index (κ1) is 16.2. The Morgan fingerprint density at radius 1 is 1.14 bits per heavy atom. The fourth-order valence-electron chi connectivity index (χ4n) is 1.71. The quantitative estimate of drug-likeness (QED) is 0.890. The van der Waals surface area contributed by atoms with Crippen molar-refractivity contribution < 1.29 is 27.1 Å². The fraction of sp³-hybridized carbons (Fsp3) is 0. The Balaban J connectivity index is 2.43. The minimum absolute atomic E-state index is 0.0712. The summed E-state index contributed by atoms with van der Waals surface area (Å²) in [6, 6.07) is 6.63. The van der Waals surface area contributed by atoms with Crippen LogP contribution in [-0.4, -0.2) is 19.5 Å². The predicted molar refractivity (Wildman–Crippen MR) is 75.6 cm³/mol. The Morgan fingerprint density at radius 3 is 2.18 bits per heavy atom. The molecular formula is C13H8ClF2NO4S. The van der Waals surface area contributed by atoms with E-state index in [2.05, 4.69) is 0 Å². The van der Waals surface area contributed by atoms with Crippen LogP contribution in [-0.2, 0) is 10.0 Å². The van der Waals surface area contributed by atoms with Gasteiger partial charge >= 0.3 is 5.97 Å². The molecule has 0 aliphatic rings. The third kappa shape index (κ3) is 3.18. The number of hydrogen-bond acceptors (Lipinski definition) is 3. The molecule has 2 aromatic carbocycles. The molecule has 0 fully saturated rings. The molecule has 22 heavy (non-hydrogen) atoms. The van der Waals surface area contributed by atoms with Crippen LogP contribution in [0, 0.1) is 11.6 Å². The number of carboxylic acids is 1. The Hall–Kier alpha value is -2.19. The Labute approximate surface area is 129 Å². The van der Waals surface area contributed by atoms with Crippen LogP contribution >= 0.6 is 11.6 Å². The van der Waals surface area contributed by atoms with Crippen molar-refractivity contribution in [3.8, 4) is 0 Å². The van der Waals surface area contributed by atoms with Gasteiger partial charge in [0.15, 0.2) is 0 Å². The molecule has 0 aliphatic carbocycles. The van der Waals surface area contributed by atoms with Gasteiger partial charge in [0.2, 0.25) is 0 Å². The van der Waals surface area contributed by atoms with Crippen molar-refractivity contribution >= 4 is 33.3 Å². The van der Waals surface area contributed by atoms with Gasteiger partial charge in [-0.15, -0.1) is 0 Å². The number of carboxylic acid groups (broad SMARTS) is 1. The van der Waals surface area contributed by atoms with E-state index in [-0.39, 0.29) is 9.92 Å². The van der Waals surface area contributed by atoms with Gasteiger partial charge in [-0.1, -0.05) is 23.7 Å². The highest BCUT2D eigenvalue weighted by Gasteiger charge is 2.21. The molecule has 2 rings (SSSR count). The molecule has 0 spiro atoms. The largest absolute Gasteiger partial charge is 0.477 e. The second kappa shape index (κ2) is 5.90. The first-order valence-corrected chi connectivity index (χ1v) is 7.58. The summed E-state index contributed by atoms with van der Waals surface area (Å²) in [5, 5.41) is 8.58. The van der Waals surface area contributed by atoms with Gasteiger partial charge in [0.05, 0.1) is 10.7 Å². The second-order valence-corrected chi connectivity index (χ2v) is 6.21. The Bertz CT molecular complexity index is 832. The summed E-state index contributed by atoms with van der Waals surface area (Å²) in [6.45, 7) is 0. The summed E-state index contributed by atoms with van der Waals surface area (Å²) < 4.78 is 53.2. The summed E-state index contributed by atoms with van der Waals surface area (Å²) >= 11 is 5.76. The molecular weight excluding hydrogens is 340 g/mol. The number of aromatic carboxylic acids is 1. The number of nitrogens with one attached hydrogen (secondary N) is 1. The van der Waals surface area contributed by atoms with Crippen LogP contribution in [0.4, 0.5) is 14.5 Å². The molecule has 0 radical (unpaired) electrons. The maximum Gasteiger partial charge on any atom is 0.341 e. The highest BCUT2D eigenvalue weighted by atomic mass is 35.5. The highest BCUT2D eigenvalue weighted by molar-refractivity contribution is 7.92. The van der Waals surface area contributed by atoms with Crippen molar-refractivity contribution in [3.63, 3.8) is 0 Å². The molecule has 0 saturated carbocycles. The first-order valence-electron chi connectivity index (χ1n) is 5.72. The van der Waals surface area contributed by atoms with E-state index < -0.39 is 38.9 Å². The lowest BCUT2D eigenvalue weighted by atomic mass is 10.2. The molecule has 0 bridgehead atoms. The average molecular weight is 348 g/mol. The molecule has 0 saturated heterocycles. The number of carbonyl (C=O) groups is 1. The van der Waals surface area contributed by atoms with Crippen LogP contribution in [0.25, 0.3) is 0 Å². The van der Waals surface area contributed by atoms with E-state index in [1.54, 1.807) is 0 Å². The number of halogens is 3. The molecule has 0 heterocycles. The van der Waals surface area contributed by atoms with Crippen LogP contribution < -0.4 is 4.72 Å². The van der Waals surface area contributed by atoms with Gasteiger partial charge < -0.3 is 5.11 Å². The summed E-state index contributed by atoms with van der Waals surface area (Å²) in [7, 11) is -4.17. The van der Waals surface area contributed by atoms with Gasteiger partial charge in [0, 0.05) is 0 Å². The van der Waals surface area contributed by atoms with Crippen molar-refractivity contribution in [1.29, 1.82) is 0 Å². The molecule has 0 unspecified atom stereocenters. The van der Waals surface area contributed by atoms with Crippen molar-refractivity contribution in [2.45, 2.75) is 4.90 Å². The standard InChI is InChI=1S/C13H8ClF2NO4S/c14-8-3-1-2-4-11(8)22(20,21)17-7-5-9(15)12(13(18)19)10(16)6-7/h1-6,17H,(H,18,19). The Morgan fingerprint density at radius 2 is 1.68 bits per heavy atom. The maximum absolute atomic E-state index is 13.5. The van der Waals surface area contributed by atoms with E-state index in [0.29, 0.717) is 12.1 Å². The normalized spacial score (nSPS) is 11.2. The number of anilines is 1. The zero-order chi connectivity index (χ0) is 16.5. The van der Waals surface area contributed by atoms with E-state index in [4.69, 9.17) is 16.7 Å². The minimum Gasteiger partial charge on any atom is -0.477 e. The van der Waals surface area contributed by atoms with Crippen LogP contribution in [0.1, 0.15) is 10.4 Å². The lowest BCUT2D eigenvalue weighted by molar-refractivity contribution is 0.0686. The third-order valence-corrected chi connectivity index (χ3v) is 4.52. The van der Waals surface area contributed by atoms with Gasteiger partial charge in [0.1, 0.15) is 22.1 Å². The topological polar surface area (TPSA) is 83.5 Å². The molecule has 116 valence electrons. The monoisotopic (exact) mass is 347 g/mol. The van der Waals surface area contributed by atoms with Crippen LogP contribution in [0.2, 0.25) is 5.02 Å². The van der Waals surface area contributed by atoms with Crippen molar-refractivity contribution in [1.82, 2.24) is 0 Å². The summed E-state index contributed by atoms with van der Waals surface area (Å²) in [5.41, 5.74) is -1.62. The van der Waals surface area contributed by atoms with Crippen LogP contribution in [0.3, 0.4) is 0 Å². The van der Waals surface area contributed by atoms with Crippen LogP contribution in [0.15, 0.2) is 41.3 Å². The average Bonchev–Trinajstić information content (AvgIpc) is 2.36. The molecule has 9 heteroatoms. The second-order valence-electron chi connectivity index (χ2n) is 4.16. The number of rotatable bonds is 4. The van der Waals surface area contributed by atoms with E-state index in [9.17, 15) is 22.0 Å². The first-order chi connectivity index (χ1) is 10.2. The lowest BCUT2D eigenvalue weighted by Gasteiger charge is -2.10. The zero-order valence-electron chi connectivity index (χ0n) is 10.7. The van der Waals surface area contributed by atoms with Gasteiger partial charge in [0.25, 0.3) is 10.0 Å². The highest BCUT2D eigenvalue weighted by Crippen LogP contribution is 2.25. The van der Waals surface area contributed by atoms with Crippen molar-refractivity contribution in [2.75, 3.05) is 4.72 Å². The minimum atomic E-state index is -4.17. The van der Waals surface area contributed by atoms with Gasteiger partial charge in [-0.3, -0.25) is 4.72 Å². The van der Waals surface area contributed by atoms with Gasteiger partial charge in [-0.05, 0) is 24.3 Å². The molecule has 0 atom stereocenters. The lowest BCUT2D eigenvalue weighted by Crippen LogP contribution is -2.15. The number of sulfonamides is 1. The van der Waals surface area contributed by atoms with E-state index in [1.165, 1.54) is 24.3 Å². The fourth-order valence-corrected chi connectivity index (χ4v) is 3.27. The zero-order valence-corrected chi connectivity index (χ0v) is 12.3. The maximum atomic E-state index is 13.5. The van der Waals surface area contributed by atoms with Gasteiger partial charge in [-0.2, -0.15) is 0 Å². The van der Waals surface area contributed by atoms with Gasteiger partial charge in [-0.25, -0.2) is 22.0 Å². The number of hydrogen-bond donors (Lipinski definition) is 2. The summed E-state index contributed by atoms with van der Waals surface area (Å²) in [4.78, 5) is 10.4. The SMILES string of the molecule is O=C(O)c1c(F)cc(NS(=O)(=O)c2ccccc2Cl)cc1F. The molecule has 0 aromatic heterocycles. The summed E-state index contributed by atoms with van der Waals surface area (Å²) in [6.07, 6.45) is 0. The van der Waals surface area contributed by atoms with E-state index >= 15 is 0 Å². The molecule has 5 nitrogen and oxygen atoms in total. The Kier molecular flexibility index (Phi) is 4.34. The molecule has 2 N–H and O–H groups in total. The predicted octanol–water partition coefficient (Wildman–Crippen LogP) is 3.12. The molecule has 2 aromatic rings. The van der Waals surface area contributed by atoms with E-state index in [0.717, 1.165) is 0 Å². The van der Waals surface area contributed by atoms with Crippen LogP contribution in [0.5, 0.6) is 0 Å². The molecule has 0 aliphatic heterocycles.